The average Bonchev–Trinajstić information content (AvgIpc) is 2.69. The van der Waals surface area contributed by atoms with Gasteiger partial charge in [-0.2, -0.15) is 0 Å². The molecule has 1 aliphatic rings. The van der Waals surface area contributed by atoms with Crippen LogP contribution in [0.4, 0.5) is 0 Å². The topological polar surface area (TPSA) is 72.8 Å². The molecule has 0 radical (unpaired) electrons. The standard InChI is InChI=1S/C22H25BO5/c1-2-3-12-27-22(25)20-11-7-10-17-14-18(23(26)28-21(17)20)15-19(24)13-16-8-5-4-6-9-16/h4-11,18,26H,2-3,12-15H2,1H3/t18-/m1/s1. The monoisotopic (exact) mass is 380 g/mol. The van der Waals surface area contributed by atoms with Gasteiger partial charge < -0.3 is 14.4 Å². The third-order valence-electron chi connectivity index (χ3n) is 4.91. The van der Waals surface area contributed by atoms with Crippen molar-refractivity contribution < 1.29 is 24.0 Å². The molecule has 3 rings (SSSR count). The Morgan fingerprint density at radius 1 is 1.18 bits per heavy atom. The molecule has 28 heavy (non-hydrogen) atoms. The molecular formula is C22H25BO5. The lowest BCUT2D eigenvalue weighted by atomic mass is 9.64. The molecule has 1 N–H and O–H groups in total. The van der Waals surface area contributed by atoms with Crippen LogP contribution in [0.25, 0.3) is 0 Å². The number of ketones is 1. The van der Waals surface area contributed by atoms with E-state index in [2.05, 4.69) is 0 Å². The summed E-state index contributed by atoms with van der Waals surface area (Å²) in [5.41, 5.74) is 2.09. The summed E-state index contributed by atoms with van der Waals surface area (Å²) in [4.78, 5) is 24.7. The van der Waals surface area contributed by atoms with E-state index in [1.54, 1.807) is 12.1 Å². The Balaban J connectivity index is 1.66. The second kappa shape index (κ2) is 9.56. The summed E-state index contributed by atoms with van der Waals surface area (Å²) in [5, 5.41) is 10.4. The second-order valence-electron chi connectivity index (χ2n) is 7.16. The third kappa shape index (κ3) is 5.01. The second-order valence-corrected chi connectivity index (χ2v) is 7.16. The molecule has 0 spiro atoms. The summed E-state index contributed by atoms with van der Waals surface area (Å²) in [7, 11) is -1.13. The number of para-hydroxylation sites is 1. The molecule has 0 amide bonds. The van der Waals surface area contributed by atoms with Crippen LogP contribution in [0.15, 0.2) is 48.5 Å². The van der Waals surface area contributed by atoms with Crippen molar-refractivity contribution in [2.45, 2.75) is 44.8 Å². The van der Waals surface area contributed by atoms with Crippen LogP contribution >= 0.6 is 0 Å². The van der Waals surface area contributed by atoms with Gasteiger partial charge in [0.05, 0.1) is 6.61 Å². The first-order chi connectivity index (χ1) is 13.6. The molecule has 1 aliphatic heterocycles. The van der Waals surface area contributed by atoms with Gasteiger partial charge >= 0.3 is 13.1 Å². The highest BCUT2D eigenvalue weighted by Crippen LogP contribution is 2.36. The van der Waals surface area contributed by atoms with Crippen molar-refractivity contribution >= 4 is 18.9 Å². The summed E-state index contributed by atoms with van der Waals surface area (Å²) in [6, 6.07) is 14.8. The maximum atomic E-state index is 12.4. The van der Waals surface area contributed by atoms with Gasteiger partial charge in [0.15, 0.2) is 0 Å². The first-order valence-corrected chi connectivity index (χ1v) is 9.77. The molecular weight excluding hydrogens is 355 g/mol. The van der Waals surface area contributed by atoms with Crippen LogP contribution in [0.3, 0.4) is 0 Å². The number of unbranched alkanes of at least 4 members (excludes halogenated alkanes) is 1. The van der Waals surface area contributed by atoms with Crippen molar-refractivity contribution in [3.05, 3.63) is 65.2 Å². The molecule has 1 atom stereocenters. The van der Waals surface area contributed by atoms with E-state index in [1.165, 1.54) is 0 Å². The first-order valence-electron chi connectivity index (χ1n) is 9.77. The summed E-state index contributed by atoms with van der Waals surface area (Å²) in [5.74, 6) is -0.369. The van der Waals surface area contributed by atoms with Crippen molar-refractivity contribution in [1.29, 1.82) is 0 Å². The number of carbonyl (C=O) groups is 2. The van der Waals surface area contributed by atoms with Crippen LogP contribution in [0.2, 0.25) is 5.82 Å². The number of carbonyl (C=O) groups excluding carboxylic acids is 2. The molecule has 0 saturated carbocycles. The number of Topliss-reactive ketones (excluding diaryl/α,β-unsaturated/α-hetero) is 1. The molecule has 0 fully saturated rings. The summed E-state index contributed by atoms with van der Waals surface area (Å²) in [6.07, 6.45) is 2.78. The minimum absolute atomic E-state index is 0.0532. The van der Waals surface area contributed by atoms with Gasteiger partial charge in [0.1, 0.15) is 17.1 Å². The Morgan fingerprint density at radius 3 is 2.71 bits per heavy atom. The van der Waals surface area contributed by atoms with Crippen molar-refractivity contribution in [2.24, 2.45) is 0 Å². The van der Waals surface area contributed by atoms with Crippen molar-refractivity contribution in [2.75, 3.05) is 6.61 Å². The third-order valence-corrected chi connectivity index (χ3v) is 4.91. The zero-order valence-electron chi connectivity index (χ0n) is 16.1. The molecule has 0 saturated heterocycles. The predicted octanol–water partition coefficient (Wildman–Crippen LogP) is 3.63. The van der Waals surface area contributed by atoms with Crippen molar-refractivity contribution in [3.63, 3.8) is 0 Å². The van der Waals surface area contributed by atoms with Crippen molar-refractivity contribution in [1.82, 2.24) is 0 Å². The minimum atomic E-state index is -1.13. The van der Waals surface area contributed by atoms with E-state index >= 15 is 0 Å². The van der Waals surface area contributed by atoms with Gasteiger partial charge in [-0.05, 0) is 30.0 Å². The van der Waals surface area contributed by atoms with E-state index in [-0.39, 0.29) is 18.0 Å². The maximum Gasteiger partial charge on any atom is 0.526 e. The van der Waals surface area contributed by atoms with Crippen molar-refractivity contribution in [3.8, 4) is 5.75 Å². The van der Waals surface area contributed by atoms with E-state index in [0.717, 1.165) is 24.0 Å². The number of hydrogen-bond acceptors (Lipinski definition) is 5. The molecule has 0 aromatic heterocycles. The highest BCUT2D eigenvalue weighted by molar-refractivity contribution is 6.47. The minimum Gasteiger partial charge on any atom is -0.535 e. The van der Waals surface area contributed by atoms with Crippen LogP contribution in [0.5, 0.6) is 5.75 Å². The highest BCUT2D eigenvalue weighted by atomic mass is 16.5. The quantitative estimate of drug-likeness (QED) is 0.430. The van der Waals surface area contributed by atoms with Gasteiger partial charge in [0, 0.05) is 18.7 Å². The summed E-state index contributed by atoms with van der Waals surface area (Å²) >= 11 is 0. The van der Waals surface area contributed by atoms with Gasteiger partial charge in [0.2, 0.25) is 0 Å². The molecule has 2 aromatic carbocycles. The summed E-state index contributed by atoms with van der Waals surface area (Å²) < 4.78 is 10.9. The van der Waals surface area contributed by atoms with Crippen LogP contribution in [0.1, 0.15) is 47.7 Å². The molecule has 0 bridgehead atoms. The fourth-order valence-corrected chi connectivity index (χ4v) is 3.39. The number of fused-ring (bicyclic) bond motifs is 1. The maximum absolute atomic E-state index is 12.4. The molecule has 1 heterocycles. The lowest BCUT2D eigenvalue weighted by Crippen LogP contribution is -2.36. The number of benzene rings is 2. The highest BCUT2D eigenvalue weighted by Gasteiger charge is 2.37. The zero-order chi connectivity index (χ0) is 19.9. The Hall–Kier alpha value is -2.60. The van der Waals surface area contributed by atoms with Crippen LogP contribution < -0.4 is 4.65 Å². The number of esters is 1. The zero-order valence-corrected chi connectivity index (χ0v) is 16.1. The molecule has 0 unspecified atom stereocenters. The van der Waals surface area contributed by atoms with Gasteiger partial charge in [-0.25, -0.2) is 4.79 Å². The van der Waals surface area contributed by atoms with E-state index in [4.69, 9.17) is 9.39 Å². The van der Waals surface area contributed by atoms with E-state index in [0.29, 0.717) is 30.8 Å². The normalized spacial score (nSPS) is 15.5. The Bertz CT molecular complexity index is 821. The summed E-state index contributed by atoms with van der Waals surface area (Å²) in [6.45, 7) is 2.38. The molecule has 6 heteroatoms. The Labute approximate surface area is 165 Å². The van der Waals surface area contributed by atoms with E-state index in [1.807, 2.05) is 43.3 Å². The number of ether oxygens (including phenoxy) is 1. The lowest BCUT2D eigenvalue weighted by Gasteiger charge is -2.28. The Kier molecular flexibility index (Phi) is 6.88. The molecule has 0 aliphatic carbocycles. The number of rotatable bonds is 8. The number of hydrogen-bond donors (Lipinski definition) is 1. The molecule has 146 valence electrons. The van der Waals surface area contributed by atoms with Gasteiger partial charge in [-0.1, -0.05) is 55.8 Å². The molecule has 2 aromatic rings. The van der Waals surface area contributed by atoms with E-state index in [9.17, 15) is 14.6 Å². The van der Waals surface area contributed by atoms with E-state index < -0.39 is 13.1 Å². The average molecular weight is 380 g/mol. The predicted molar refractivity (Wildman–Crippen MR) is 107 cm³/mol. The van der Waals surface area contributed by atoms with Crippen LogP contribution in [0, 0.1) is 0 Å². The first kappa shape index (κ1) is 20.1. The van der Waals surface area contributed by atoms with Crippen LogP contribution in [-0.2, 0) is 22.4 Å². The van der Waals surface area contributed by atoms with Crippen LogP contribution in [-0.4, -0.2) is 30.5 Å². The lowest BCUT2D eigenvalue weighted by molar-refractivity contribution is -0.118. The fourth-order valence-electron chi connectivity index (χ4n) is 3.39. The smallest absolute Gasteiger partial charge is 0.526 e. The molecule has 5 nitrogen and oxygen atoms in total. The van der Waals surface area contributed by atoms with Gasteiger partial charge in [-0.3, -0.25) is 4.79 Å². The largest absolute Gasteiger partial charge is 0.535 e. The van der Waals surface area contributed by atoms with Gasteiger partial charge in [0.25, 0.3) is 0 Å². The Morgan fingerprint density at radius 2 is 1.96 bits per heavy atom. The fraction of sp³-hybridized carbons (Fsp3) is 0.364. The SMILES string of the molecule is CCCCOC(=O)c1cccc2c1OB(O)[C@@H](CC(=O)Cc1ccccc1)C2. The van der Waals surface area contributed by atoms with Gasteiger partial charge in [-0.15, -0.1) is 0 Å².